The number of unbranched alkanes of at least 4 members (excludes halogenated alkanes) is 4. The predicted molar refractivity (Wildman–Crippen MR) is 83.5 cm³/mol. The van der Waals surface area contributed by atoms with Crippen LogP contribution in [0.2, 0.25) is 0 Å². The molecule has 0 aromatic heterocycles. The second-order valence-electron chi connectivity index (χ2n) is 5.77. The van der Waals surface area contributed by atoms with Gasteiger partial charge in [0.2, 0.25) is 0 Å². The molecule has 0 aliphatic carbocycles. The molecule has 1 aliphatic rings. The zero-order valence-corrected chi connectivity index (χ0v) is 13.2. The van der Waals surface area contributed by atoms with Gasteiger partial charge in [-0.05, 0) is 31.4 Å². The molecule has 1 unspecified atom stereocenters. The van der Waals surface area contributed by atoms with E-state index < -0.39 is 5.60 Å². The Hall–Kier alpha value is -1.35. The summed E-state index contributed by atoms with van der Waals surface area (Å²) >= 11 is 0. The summed E-state index contributed by atoms with van der Waals surface area (Å²) in [4.78, 5) is 12.4. The van der Waals surface area contributed by atoms with Gasteiger partial charge < -0.3 is 9.47 Å². The predicted octanol–water partition coefficient (Wildman–Crippen LogP) is 4.28. The minimum absolute atomic E-state index is 0.224. The molecule has 1 aliphatic heterocycles. The minimum Gasteiger partial charge on any atom is -0.424 e. The molecular weight excluding hydrogens is 264 g/mol. The maximum atomic E-state index is 12.4. The van der Waals surface area contributed by atoms with E-state index in [0.717, 1.165) is 24.8 Å². The largest absolute Gasteiger partial charge is 0.424 e. The molecule has 3 heteroatoms. The van der Waals surface area contributed by atoms with Gasteiger partial charge in [0.1, 0.15) is 5.75 Å². The zero-order valence-electron chi connectivity index (χ0n) is 13.2. The van der Waals surface area contributed by atoms with Crippen molar-refractivity contribution in [1.82, 2.24) is 0 Å². The molecule has 1 atom stereocenters. The van der Waals surface area contributed by atoms with E-state index in [0.29, 0.717) is 18.8 Å². The lowest BCUT2D eigenvalue weighted by atomic mass is 9.86. The summed E-state index contributed by atoms with van der Waals surface area (Å²) in [5.74, 6) is 0.461. The molecule has 0 amide bonds. The monoisotopic (exact) mass is 290 g/mol. The molecule has 0 saturated carbocycles. The van der Waals surface area contributed by atoms with Crippen LogP contribution in [-0.2, 0) is 16.0 Å². The number of hydrogen-bond donors (Lipinski definition) is 0. The second kappa shape index (κ2) is 7.60. The van der Waals surface area contributed by atoms with E-state index in [-0.39, 0.29) is 5.97 Å². The fourth-order valence-corrected chi connectivity index (χ4v) is 2.99. The van der Waals surface area contributed by atoms with E-state index in [4.69, 9.17) is 9.47 Å². The maximum absolute atomic E-state index is 12.4. The lowest BCUT2D eigenvalue weighted by Crippen LogP contribution is -2.49. The maximum Gasteiger partial charge on any atom is 0.344 e. The number of para-hydroxylation sites is 1. The van der Waals surface area contributed by atoms with Crippen LogP contribution >= 0.6 is 0 Å². The fourth-order valence-electron chi connectivity index (χ4n) is 2.99. The Kier molecular flexibility index (Phi) is 5.80. The Bertz CT molecular complexity index is 469. The highest BCUT2D eigenvalue weighted by Crippen LogP contribution is 2.35. The summed E-state index contributed by atoms with van der Waals surface area (Å²) in [6, 6.07) is 7.75. The van der Waals surface area contributed by atoms with Crippen LogP contribution in [0.5, 0.6) is 5.75 Å². The lowest BCUT2D eigenvalue weighted by Gasteiger charge is -2.35. The topological polar surface area (TPSA) is 35.5 Å². The number of carbonyl (C=O) groups excluding carboxylic acids is 1. The van der Waals surface area contributed by atoms with Crippen molar-refractivity contribution in [1.29, 1.82) is 0 Å². The smallest absolute Gasteiger partial charge is 0.344 e. The van der Waals surface area contributed by atoms with Crippen LogP contribution in [-0.4, -0.2) is 18.2 Å². The lowest BCUT2D eigenvalue weighted by molar-refractivity contribution is -0.166. The number of carbonyl (C=O) groups is 1. The van der Waals surface area contributed by atoms with Crippen molar-refractivity contribution < 1.29 is 14.3 Å². The number of rotatable bonds is 8. The molecule has 21 heavy (non-hydrogen) atoms. The first-order valence-electron chi connectivity index (χ1n) is 8.16. The zero-order chi connectivity index (χ0) is 15.1. The SMILES string of the molecule is CCCCCCCC1(OCC)Cc2ccccc2OC1=O. The van der Waals surface area contributed by atoms with Gasteiger partial charge in [0.15, 0.2) is 5.60 Å². The van der Waals surface area contributed by atoms with E-state index in [2.05, 4.69) is 6.92 Å². The van der Waals surface area contributed by atoms with Gasteiger partial charge >= 0.3 is 5.97 Å². The summed E-state index contributed by atoms with van der Waals surface area (Å²) in [6.45, 7) is 4.68. The van der Waals surface area contributed by atoms with E-state index in [1.165, 1.54) is 19.3 Å². The van der Waals surface area contributed by atoms with Crippen molar-refractivity contribution in [3.8, 4) is 5.75 Å². The number of benzene rings is 1. The molecule has 0 spiro atoms. The van der Waals surface area contributed by atoms with Crippen molar-refractivity contribution >= 4 is 5.97 Å². The van der Waals surface area contributed by atoms with Gasteiger partial charge in [-0.3, -0.25) is 0 Å². The third-order valence-corrected chi connectivity index (χ3v) is 4.13. The Morgan fingerprint density at radius 1 is 1.14 bits per heavy atom. The highest BCUT2D eigenvalue weighted by Gasteiger charge is 2.44. The normalized spacial score (nSPS) is 21.0. The summed E-state index contributed by atoms with van der Waals surface area (Å²) in [5.41, 5.74) is 0.286. The molecule has 1 heterocycles. The summed E-state index contributed by atoms with van der Waals surface area (Å²) in [5, 5.41) is 0. The van der Waals surface area contributed by atoms with Crippen molar-refractivity contribution in [3.63, 3.8) is 0 Å². The number of ether oxygens (including phenoxy) is 2. The molecule has 0 saturated heterocycles. The molecule has 116 valence electrons. The highest BCUT2D eigenvalue weighted by atomic mass is 16.6. The van der Waals surface area contributed by atoms with Crippen LogP contribution in [0.4, 0.5) is 0 Å². The molecular formula is C18H26O3. The summed E-state index contributed by atoms with van der Waals surface area (Å²) < 4.78 is 11.4. The average molecular weight is 290 g/mol. The minimum atomic E-state index is -0.782. The first-order chi connectivity index (χ1) is 10.2. The second-order valence-corrected chi connectivity index (χ2v) is 5.77. The molecule has 3 nitrogen and oxygen atoms in total. The van der Waals surface area contributed by atoms with E-state index in [1.54, 1.807) is 0 Å². The Morgan fingerprint density at radius 3 is 2.67 bits per heavy atom. The van der Waals surface area contributed by atoms with Gasteiger partial charge in [-0.2, -0.15) is 0 Å². The van der Waals surface area contributed by atoms with Gasteiger partial charge in [-0.25, -0.2) is 4.79 Å². The van der Waals surface area contributed by atoms with Crippen LogP contribution in [0.3, 0.4) is 0 Å². The van der Waals surface area contributed by atoms with E-state index in [9.17, 15) is 4.79 Å². The van der Waals surface area contributed by atoms with Crippen LogP contribution < -0.4 is 4.74 Å². The molecule has 0 bridgehead atoms. The van der Waals surface area contributed by atoms with Crippen LogP contribution in [0.25, 0.3) is 0 Å². The van der Waals surface area contributed by atoms with Gasteiger partial charge in [-0.1, -0.05) is 50.8 Å². The summed E-state index contributed by atoms with van der Waals surface area (Å²) in [7, 11) is 0. The van der Waals surface area contributed by atoms with Crippen LogP contribution in [0.15, 0.2) is 24.3 Å². The summed E-state index contributed by atoms with van der Waals surface area (Å²) in [6.07, 6.45) is 7.25. The number of hydrogen-bond acceptors (Lipinski definition) is 3. The Labute approximate surface area is 127 Å². The van der Waals surface area contributed by atoms with Crippen LogP contribution in [0, 0.1) is 0 Å². The average Bonchev–Trinajstić information content (AvgIpc) is 2.48. The van der Waals surface area contributed by atoms with E-state index in [1.807, 2.05) is 31.2 Å². The Balaban J connectivity index is 2.05. The molecule has 1 aromatic rings. The first kappa shape index (κ1) is 16.0. The highest BCUT2D eigenvalue weighted by molar-refractivity contribution is 5.84. The van der Waals surface area contributed by atoms with Gasteiger partial charge in [-0.15, -0.1) is 0 Å². The molecule has 1 aromatic carbocycles. The van der Waals surface area contributed by atoms with Crippen molar-refractivity contribution in [3.05, 3.63) is 29.8 Å². The van der Waals surface area contributed by atoms with E-state index >= 15 is 0 Å². The third-order valence-electron chi connectivity index (χ3n) is 4.13. The Morgan fingerprint density at radius 2 is 1.90 bits per heavy atom. The fraction of sp³-hybridized carbons (Fsp3) is 0.611. The van der Waals surface area contributed by atoms with Crippen molar-refractivity contribution in [2.45, 2.75) is 64.4 Å². The quantitative estimate of drug-likeness (QED) is 0.407. The molecule has 0 radical (unpaired) electrons. The molecule has 2 rings (SSSR count). The van der Waals surface area contributed by atoms with Crippen LogP contribution in [0.1, 0.15) is 57.9 Å². The third kappa shape index (κ3) is 3.85. The van der Waals surface area contributed by atoms with Crippen molar-refractivity contribution in [2.24, 2.45) is 0 Å². The standard InChI is InChI=1S/C18H26O3/c1-3-5-6-7-10-13-18(20-4-2)14-15-11-8-9-12-16(15)21-17(18)19/h8-9,11-12H,3-7,10,13-14H2,1-2H3. The van der Waals surface area contributed by atoms with Gasteiger partial charge in [0.25, 0.3) is 0 Å². The molecule has 0 fully saturated rings. The molecule has 0 N–H and O–H groups in total. The number of esters is 1. The number of fused-ring (bicyclic) bond motifs is 1. The van der Waals surface area contributed by atoms with Gasteiger partial charge in [0.05, 0.1) is 0 Å². The van der Waals surface area contributed by atoms with Crippen molar-refractivity contribution in [2.75, 3.05) is 6.61 Å². The van der Waals surface area contributed by atoms with Gasteiger partial charge in [0, 0.05) is 13.0 Å². The first-order valence-corrected chi connectivity index (χ1v) is 8.16.